The molecule has 2 aromatic carbocycles. The van der Waals surface area contributed by atoms with Crippen LogP contribution in [0, 0.1) is 11.3 Å². The maximum Gasteiger partial charge on any atom is 0.264 e. The summed E-state index contributed by atoms with van der Waals surface area (Å²) >= 11 is 0. The van der Waals surface area contributed by atoms with Crippen molar-refractivity contribution in [2.45, 2.75) is 19.6 Å². The van der Waals surface area contributed by atoms with Gasteiger partial charge in [-0.15, -0.1) is 0 Å². The van der Waals surface area contributed by atoms with Crippen molar-refractivity contribution in [1.82, 2.24) is 15.1 Å². The summed E-state index contributed by atoms with van der Waals surface area (Å²) in [6.07, 6.45) is 1.47. The molecule has 0 saturated carbocycles. The highest BCUT2D eigenvalue weighted by Gasteiger charge is 2.30. The van der Waals surface area contributed by atoms with Crippen LogP contribution in [0.2, 0.25) is 0 Å². The summed E-state index contributed by atoms with van der Waals surface area (Å²) in [6, 6.07) is 16.8. The molecular formula is C26H28N4O5. The third-order valence-corrected chi connectivity index (χ3v) is 5.51. The van der Waals surface area contributed by atoms with Crippen LogP contribution < -0.4 is 5.32 Å². The molecule has 1 heterocycles. The molecule has 3 rings (SSSR count). The lowest BCUT2D eigenvalue weighted by atomic mass is 10.1. The number of benzene rings is 2. The first-order valence-corrected chi connectivity index (χ1v) is 11.2. The molecule has 0 unspecified atom stereocenters. The van der Waals surface area contributed by atoms with E-state index in [9.17, 15) is 24.8 Å². The minimum atomic E-state index is -0.831. The summed E-state index contributed by atoms with van der Waals surface area (Å²) in [6.45, 7) is 2.76. The molecule has 9 nitrogen and oxygen atoms in total. The standard InChI is InChI=1S/C26H28N4O5/c1-19(31)28-24(18-35-17-21-5-3-2-4-6-21)26(34)30-13-11-29(12-14-30)25(33)22(16-27)15-20-7-9-23(32)10-8-20/h2-10,15,24,32H,11-14,17-18H2,1H3,(H,28,31)/t24-/m1/s1. The molecule has 9 heteroatoms. The predicted molar refractivity (Wildman–Crippen MR) is 129 cm³/mol. The number of rotatable bonds is 8. The second-order valence-corrected chi connectivity index (χ2v) is 8.13. The van der Waals surface area contributed by atoms with Gasteiger partial charge in [-0.3, -0.25) is 14.4 Å². The Morgan fingerprint density at radius 2 is 1.69 bits per heavy atom. The number of amides is 3. The normalized spacial score (nSPS) is 14.7. The largest absolute Gasteiger partial charge is 0.508 e. The van der Waals surface area contributed by atoms with Crippen molar-refractivity contribution in [2.24, 2.45) is 0 Å². The molecular weight excluding hydrogens is 448 g/mol. The molecule has 35 heavy (non-hydrogen) atoms. The van der Waals surface area contributed by atoms with Gasteiger partial charge in [-0.05, 0) is 29.3 Å². The lowest BCUT2D eigenvalue weighted by Gasteiger charge is -2.36. The van der Waals surface area contributed by atoms with Crippen molar-refractivity contribution in [3.05, 3.63) is 71.3 Å². The molecule has 1 aliphatic heterocycles. The van der Waals surface area contributed by atoms with E-state index in [4.69, 9.17) is 4.74 Å². The van der Waals surface area contributed by atoms with Crippen LogP contribution in [0.15, 0.2) is 60.2 Å². The Morgan fingerprint density at radius 3 is 2.29 bits per heavy atom. The van der Waals surface area contributed by atoms with Gasteiger partial charge >= 0.3 is 0 Å². The van der Waals surface area contributed by atoms with E-state index >= 15 is 0 Å². The fraction of sp³-hybridized carbons (Fsp3) is 0.308. The van der Waals surface area contributed by atoms with E-state index in [1.165, 1.54) is 30.0 Å². The quantitative estimate of drug-likeness (QED) is 0.442. The molecule has 1 saturated heterocycles. The Labute approximate surface area is 204 Å². The van der Waals surface area contributed by atoms with Gasteiger partial charge in [-0.2, -0.15) is 5.26 Å². The van der Waals surface area contributed by atoms with Crippen molar-refractivity contribution in [2.75, 3.05) is 32.8 Å². The van der Waals surface area contributed by atoms with E-state index in [1.807, 2.05) is 36.4 Å². The van der Waals surface area contributed by atoms with E-state index in [0.717, 1.165) is 5.56 Å². The van der Waals surface area contributed by atoms with Crippen molar-refractivity contribution < 1.29 is 24.2 Å². The first kappa shape index (κ1) is 25.5. The van der Waals surface area contributed by atoms with Crippen LogP contribution >= 0.6 is 0 Å². The Kier molecular flexibility index (Phi) is 8.98. The lowest BCUT2D eigenvalue weighted by Crippen LogP contribution is -2.56. The Balaban J connectivity index is 1.57. The van der Waals surface area contributed by atoms with Crippen molar-refractivity contribution in [3.8, 4) is 11.8 Å². The number of phenols is 1. The molecule has 0 aromatic heterocycles. The van der Waals surface area contributed by atoms with Crippen molar-refractivity contribution >= 4 is 23.8 Å². The number of phenolic OH excluding ortho intramolecular Hbond substituents is 1. The first-order valence-electron chi connectivity index (χ1n) is 11.2. The van der Waals surface area contributed by atoms with Crippen LogP contribution in [0.4, 0.5) is 0 Å². The maximum absolute atomic E-state index is 13.1. The van der Waals surface area contributed by atoms with Crippen LogP contribution in [0.1, 0.15) is 18.1 Å². The number of hydrogen-bond acceptors (Lipinski definition) is 6. The summed E-state index contributed by atoms with van der Waals surface area (Å²) in [4.78, 5) is 40.7. The van der Waals surface area contributed by atoms with E-state index in [2.05, 4.69) is 5.32 Å². The van der Waals surface area contributed by atoms with E-state index in [-0.39, 0.29) is 55.9 Å². The van der Waals surface area contributed by atoms with Crippen LogP contribution in [-0.2, 0) is 25.7 Å². The highest BCUT2D eigenvalue weighted by Crippen LogP contribution is 2.15. The number of piperazine rings is 1. The van der Waals surface area contributed by atoms with E-state index in [0.29, 0.717) is 12.2 Å². The fourth-order valence-corrected chi connectivity index (χ4v) is 3.69. The first-order chi connectivity index (χ1) is 16.9. The molecule has 182 valence electrons. The predicted octanol–water partition coefficient (Wildman–Crippen LogP) is 1.69. The van der Waals surface area contributed by atoms with Crippen LogP contribution in [0.3, 0.4) is 0 Å². The molecule has 0 radical (unpaired) electrons. The van der Waals surface area contributed by atoms with Gasteiger partial charge in [0.05, 0.1) is 13.2 Å². The second-order valence-electron chi connectivity index (χ2n) is 8.13. The summed E-state index contributed by atoms with van der Waals surface area (Å²) < 4.78 is 5.68. The average molecular weight is 477 g/mol. The third-order valence-electron chi connectivity index (χ3n) is 5.51. The Bertz CT molecular complexity index is 1100. The second kappa shape index (κ2) is 12.3. The zero-order chi connectivity index (χ0) is 25.2. The maximum atomic E-state index is 13.1. The number of ether oxygens (including phenoxy) is 1. The highest BCUT2D eigenvalue weighted by molar-refractivity contribution is 6.01. The van der Waals surface area contributed by atoms with Gasteiger partial charge in [-0.25, -0.2) is 0 Å². The molecule has 0 aliphatic carbocycles. The van der Waals surface area contributed by atoms with Gasteiger partial charge in [0.2, 0.25) is 11.8 Å². The molecule has 2 N–H and O–H groups in total. The molecule has 1 aliphatic rings. The van der Waals surface area contributed by atoms with Gasteiger partial charge in [0, 0.05) is 33.1 Å². The van der Waals surface area contributed by atoms with Gasteiger partial charge in [0.1, 0.15) is 23.4 Å². The SMILES string of the molecule is CC(=O)N[C@H](COCc1ccccc1)C(=O)N1CCN(C(=O)C(C#N)=Cc2ccc(O)cc2)CC1. The van der Waals surface area contributed by atoms with E-state index in [1.54, 1.807) is 17.0 Å². The molecule has 0 bridgehead atoms. The third kappa shape index (κ3) is 7.42. The monoisotopic (exact) mass is 476 g/mol. The summed E-state index contributed by atoms with van der Waals surface area (Å²) in [5.41, 5.74) is 1.55. The van der Waals surface area contributed by atoms with E-state index < -0.39 is 11.9 Å². The topological polar surface area (TPSA) is 123 Å². The Morgan fingerprint density at radius 1 is 1.06 bits per heavy atom. The van der Waals surface area contributed by atoms with Crippen molar-refractivity contribution in [3.63, 3.8) is 0 Å². The zero-order valence-corrected chi connectivity index (χ0v) is 19.5. The minimum Gasteiger partial charge on any atom is -0.508 e. The van der Waals surface area contributed by atoms with Gasteiger partial charge < -0.3 is 25.0 Å². The number of carbonyl (C=O) groups excluding carboxylic acids is 3. The fourth-order valence-electron chi connectivity index (χ4n) is 3.69. The molecule has 1 fully saturated rings. The van der Waals surface area contributed by atoms with Gasteiger partial charge in [0.25, 0.3) is 5.91 Å². The number of aromatic hydroxyl groups is 1. The van der Waals surface area contributed by atoms with Crippen molar-refractivity contribution in [1.29, 1.82) is 5.26 Å². The molecule has 2 aromatic rings. The minimum absolute atomic E-state index is 0.0269. The zero-order valence-electron chi connectivity index (χ0n) is 19.5. The number of nitrogens with one attached hydrogen (secondary N) is 1. The summed E-state index contributed by atoms with van der Waals surface area (Å²) in [5, 5.41) is 21.5. The van der Waals surface area contributed by atoms with Gasteiger partial charge in [0.15, 0.2) is 0 Å². The van der Waals surface area contributed by atoms with Crippen LogP contribution in [-0.4, -0.2) is 71.5 Å². The number of hydrogen-bond donors (Lipinski definition) is 2. The molecule has 0 spiro atoms. The number of carbonyl (C=O) groups is 3. The van der Waals surface area contributed by atoms with Crippen LogP contribution in [0.5, 0.6) is 5.75 Å². The smallest absolute Gasteiger partial charge is 0.264 e. The summed E-state index contributed by atoms with van der Waals surface area (Å²) in [5.74, 6) is -0.938. The van der Waals surface area contributed by atoms with Gasteiger partial charge in [-0.1, -0.05) is 42.5 Å². The highest BCUT2D eigenvalue weighted by atomic mass is 16.5. The molecule has 3 amide bonds. The van der Waals surface area contributed by atoms with Crippen LogP contribution in [0.25, 0.3) is 6.08 Å². The number of nitrogens with zero attached hydrogens (tertiary/aromatic N) is 3. The summed E-state index contributed by atoms with van der Waals surface area (Å²) in [7, 11) is 0. The number of nitriles is 1. The lowest BCUT2D eigenvalue weighted by molar-refractivity contribution is -0.142. The molecule has 1 atom stereocenters. The average Bonchev–Trinajstić information content (AvgIpc) is 2.87. The Hall–Kier alpha value is -4.16.